The van der Waals surface area contributed by atoms with Crippen LogP contribution in [0.1, 0.15) is 41.9 Å². The van der Waals surface area contributed by atoms with Crippen molar-refractivity contribution in [3.8, 4) is 22.0 Å². The summed E-state index contributed by atoms with van der Waals surface area (Å²) in [6.07, 6.45) is 5.05. The molecule has 0 saturated heterocycles. The molecule has 12 heteroatoms. The fourth-order valence-corrected chi connectivity index (χ4v) is 6.37. The van der Waals surface area contributed by atoms with E-state index in [1.807, 2.05) is 26.8 Å². The Hall–Kier alpha value is -4.03. The summed E-state index contributed by atoms with van der Waals surface area (Å²) in [5, 5.41) is 15.4. The monoisotopic (exact) mass is 562 g/mol. The lowest BCUT2D eigenvalue weighted by Gasteiger charge is -2.08. The highest BCUT2D eigenvalue weighted by Gasteiger charge is 2.27. The van der Waals surface area contributed by atoms with Gasteiger partial charge >= 0.3 is 6.01 Å². The van der Waals surface area contributed by atoms with Crippen LogP contribution >= 0.6 is 11.3 Å². The Kier molecular flexibility index (Phi) is 6.23. The lowest BCUT2D eigenvalue weighted by molar-refractivity contribution is 0.0955. The van der Waals surface area contributed by atoms with Gasteiger partial charge in [0.15, 0.2) is 0 Å². The molecule has 2 aromatic carbocycles. The highest BCUT2D eigenvalue weighted by atomic mass is 32.2. The van der Waals surface area contributed by atoms with Gasteiger partial charge in [-0.05, 0) is 63.9 Å². The van der Waals surface area contributed by atoms with Crippen molar-refractivity contribution < 1.29 is 17.6 Å². The molecule has 0 atom stereocenters. The van der Waals surface area contributed by atoms with Crippen LogP contribution in [0.3, 0.4) is 0 Å². The predicted molar refractivity (Wildman–Crippen MR) is 149 cm³/mol. The number of benzene rings is 2. The third-order valence-electron chi connectivity index (χ3n) is 6.30. The number of carbonyl (C=O) groups excluding carboxylic acids is 1. The van der Waals surface area contributed by atoms with Gasteiger partial charge in [0.05, 0.1) is 16.6 Å². The van der Waals surface area contributed by atoms with Crippen LogP contribution < -0.4 is 10.6 Å². The van der Waals surface area contributed by atoms with Crippen molar-refractivity contribution in [3.05, 3.63) is 65.3 Å². The number of aromatic nitrogens is 4. The summed E-state index contributed by atoms with van der Waals surface area (Å²) < 4.78 is 34.5. The lowest BCUT2D eigenvalue weighted by Crippen LogP contribution is -2.24. The van der Waals surface area contributed by atoms with Crippen LogP contribution in [0.25, 0.3) is 32.9 Å². The van der Waals surface area contributed by atoms with Gasteiger partial charge in [0.25, 0.3) is 15.9 Å². The van der Waals surface area contributed by atoms with E-state index in [2.05, 4.69) is 25.8 Å². The minimum Gasteiger partial charge on any atom is -0.403 e. The Morgan fingerprint density at radius 1 is 1.13 bits per heavy atom. The highest BCUT2D eigenvalue weighted by Crippen LogP contribution is 2.37. The smallest absolute Gasteiger partial charge is 0.315 e. The molecule has 1 amide bonds. The summed E-state index contributed by atoms with van der Waals surface area (Å²) in [5.41, 5.74) is 2.63. The first-order valence-corrected chi connectivity index (χ1v) is 14.8. The molecule has 6 rings (SSSR count). The van der Waals surface area contributed by atoms with Crippen molar-refractivity contribution in [2.45, 2.75) is 50.6 Å². The van der Waals surface area contributed by atoms with E-state index in [1.54, 1.807) is 42.6 Å². The van der Waals surface area contributed by atoms with Crippen molar-refractivity contribution in [2.75, 3.05) is 5.32 Å². The SMILES string of the molecule is Cc1ccc(S(=O)(=O)n2cc(-c3ncc(C(=O)NC4CC4)s3)c3cc(-c4nnc(NC(C)C)o4)ccc32)cc1. The van der Waals surface area contributed by atoms with Crippen LogP contribution in [0.15, 0.2) is 64.2 Å². The maximum absolute atomic E-state index is 13.7. The highest BCUT2D eigenvalue weighted by molar-refractivity contribution is 7.90. The second kappa shape index (κ2) is 9.62. The molecule has 200 valence electrons. The Labute approximate surface area is 229 Å². The molecule has 5 aromatic rings. The Bertz CT molecular complexity index is 1800. The zero-order valence-corrected chi connectivity index (χ0v) is 23.1. The summed E-state index contributed by atoms with van der Waals surface area (Å²) in [5.74, 6) is 0.123. The van der Waals surface area contributed by atoms with Gasteiger partial charge in [0.1, 0.15) is 9.88 Å². The molecule has 0 radical (unpaired) electrons. The van der Waals surface area contributed by atoms with Gasteiger partial charge in [-0.1, -0.05) is 22.8 Å². The third-order valence-corrected chi connectivity index (χ3v) is 9.02. The Morgan fingerprint density at radius 3 is 2.62 bits per heavy atom. The molecule has 39 heavy (non-hydrogen) atoms. The number of aryl methyl sites for hydroxylation is 1. The number of anilines is 1. The van der Waals surface area contributed by atoms with Gasteiger partial charge in [0, 0.05) is 34.8 Å². The molecule has 0 bridgehead atoms. The van der Waals surface area contributed by atoms with Crippen LogP contribution in [0.4, 0.5) is 6.01 Å². The number of hydrogen-bond donors (Lipinski definition) is 2. The van der Waals surface area contributed by atoms with Crippen molar-refractivity contribution >= 4 is 44.2 Å². The number of amides is 1. The topological polar surface area (TPSA) is 132 Å². The Morgan fingerprint density at radius 2 is 1.90 bits per heavy atom. The maximum Gasteiger partial charge on any atom is 0.315 e. The summed E-state index contributed by atoms with van der Waals surface area (Å²) in [7, 11) is -3.92. The normalized spacial score (nSPS) is 13.7. The molecule has 0 unspecified atom stereocenters. The molecule has 1 saturated carbocycles. The van der Waals surface area contributed by atoms with E-state index in [0.29, 0.717) is 43.8 Å². The van der Waals surface area contributed by atoms with Crippen LogP contribution in [-0.4, -0.2) is 45.6 Å². The standard InChI is InChI=1S/C27H26N6O4S2/c1-15(2)29-27-32-31-25(37-27)17-6-11-22-20(12-17)21(26-28-13-23(38-26)24(34)30-18-7-8-18)14-33(22)39(35,36)19-9-4-16(3)5-10-19/h4-6,9-15,18H,7-8H2,1-3H3,(H,29,32)(H,30,34). The first-order valence-electron chi connectivity index (χ1n) is 12.5. The fourth-order valence-electron chi connectivity index (χ4n) is 4.16. The molecule has 1 fully saturated rings. The summed E-state index contributed by atoms with van der Waals surface area (Å²) in [6.45, 7) is 5.83. The van der Waals surface area contributed by atoms with E-state index in [1.165, 1.54) is 21.5 Å². The molecule has 3 heterocycles. The van der Waals surface area contributed by atoms with E-state index < -0.39 is 10.0 Å². The van der Waals surface area contributed by atoms with Gasteiger partial charge in [-0.25, -0.2) is 17.4 Å². The fraction of sp³-hybridized carbons (Fsp3) is 0.259. The van der Waals surface area contributed by atoms with Gasteiger partial charge in [0.2, 0.25) is 5.89 Å². The molecule has 2 N–H and O–H groups in total. The minimum atomic E-state index is -3.92. The average Bonchev–Trinajstić information content (AvgIpc) is 3.28. The largest absolute Gasteiger partial charge is 0.403 e. The number of fused-ring (bicyclic) bond motifs is 1. The maximum atomic E-state index is 13.7. The molecule has 1 aliphatic rings. The van der Waals surface area contributed by atoms with Crippen LogP contribution in [0.2, 0.25) is 0 Å². The first-order chi connectivity index (χ1) is 18.7. The quantitative estimate of drug-likeness (QED) is 0.268. The molecular weight excluding hydrogens is 536 g/mol. The lowest BCUT2D eigenvalue weighted by atomic mass is 10.1. The van der Waals surface area contributed by atoms with Crippen LogP contribution in [-0.2, 0) is 10.0 Å². The molecule has 10 nitrogen and oxygen atoms in total. The van der Waals surface area contributed by atoms with Crippen molar-refractivity contribution in [1.82, 2.24) is 24.5 Å². The number of carbonyl (C=O) groups is 1. The van der Waals surface area contributed by atoms with Crippen molar-refractivity contribution in [1.29, 1.82) is 0 Å². The van der Waals surface area contributed by atoms with E-state index in [9.17, 15) is 13.2 Å². The van der Waals surface area contributed by atoms with E-state index in [-0.39, 0.29) is 22.9 Å². The number of nitrogens with one attached hydrogen (secondary N) is 2. The zero-order chi connectivity index (χ0) is 27.3. The van der Waals surface area contributed by atoms with E-state index >= 15 is 0 Å². The second-order valence-corrected chi connectivity index (χ2v) is 12.7. The predicted octanol–water partition coefficient (Wildman–Crippen LogP) is 5.07. The molecule has 0 aliphatic heterocycles. The first kappa shape index (κ1) is 25.3. The second-order valence-electron chi connectivity index (χ2n) is 9.88. The summed E-state index contributed by atoms with van der Waals surface area (Å²) >= 11 is 1.22. The van der Waals surface area contributed by atoms with Gasteiger partial charge in [-0.3, -0.25) is 4.79 Å². The number of thiazole rings is 1. The van der Waals surface area contributed by atoms with Crippen molar-refractivity contribution in [2.24, 2.45) is 0 Å². The molecule has 3 aromatic heterocycles. The van der Waals surface area contributed by atoms with E-state index in [0.717, 1.165) is 18.4 Å². The van der Waals surface area contributed by atoms with Crippen LogP contribution in [0, 0.1) is 6.92 Å². The third kappa shape index (κ3) is 4.92. The summed E-state index contributed by atoms with van der Waals surface area (Å²) in [4.78, 5) is 17.8. The molecule has 0 spiro atoms. The summed E-state index contributed by atoms with van der Waals surface area (Å²) in [6, 6.07) is 12.6. The minimum absolute atomic E-state index is 0.115. The number of rotatable bonds is 8. The van der Waals surface area contributed by atoms with E-state index in [4.69, 9.17) is 4.42 Å². The van der Waals surface area contributed by atoms with Gasteiger partial charge in [-0.2, -0.15) is 0 Å². The molecule has 1 aliphatic carbocycles. The zero-order valence-electron chi connectivity index (χ0n) is 21.5. The average molecular weight is 563 g/mol. The van der Waals surface area contributed by atoms with Gasteiger partial charge in [-0.15, -0.1) is 16.4 Å². The number of nitrogens with zero attached hydrogens (tertiary/aromatic N) is 4. The number of hydrogen-bond acceptors (Lipinski definition) is 9. The van der Waals surface area contributed by atoms with Crippen LogP contribution in [0.5, 0.6) is 0 Å². The molecular formula is C27H26N6O4S2. The Balaban J connectivity index is 1.48. The van der Waals surface area contributed by atoms with Crippen molar-refractivity contribution in [3.63, 3.8) is 0 Å². The van der Waals surface area contributed by atoms with Gasteiger partial charge < -0.3 is 15.1 Å².